The Morgan fingerprint density at radius 3 is 1.94 bits per heavy atom. The zero-order chi connectivity index (χ0) is 25.7. The van der Waals surface area contributed by atoms with Crippen LogP contribution in [-0.4, -0.2) is 0 Å². The minimum atomic E-state index is -0.891. The highest BCUT2D eigenvalue weighted by atomic mass is 19.2. The molecule has 1 aliphatic carbocycles. The van der Waals surface area contributed by atoms with Gasteiger partial charge in [0.05, 0.1) is 0 Å². The van der Waals surface area contributed by atoms with Gasteiger partial charge in [-0.15, -0.1) is 0 Å². The molecule has 4 rings (SSSR count). The molecule has 0 fully saturated rings. The van der Waals surface area contributed by atoms with Crippen molar-refractivity contribution < 1.29 is 17.6 Å². The van der Waals surface area contributed by atoms with Gasteiger partial charge in [0, 0.05) is 16.7 Å². The normalized spacial score (nSPS) is 15.9. The van der Waals surface area contributed by atoms with Gasteiger partial charge in [-0.05, 0) is 73.6 Å². The molecule has 0 amide bonds. The van der Waals surface area contributed by atoms with Crippen molar-refractivity contribution in [2.24, 2.45) is 5.92 Å². The first-order valence-corrected chi connectivity index (χ1v) is 12.8. The molecule has 0 saturated heterocycles. The van der Waals surface area contributed by atoms with Gasteiger partial charge in [-0.2, -0.15) is 0 Å². The van der Waals surface area contributed by atoms with E-state index >= 15 is 8.78 Å². The Kier molecular flexibility index (Phi) is 8.45. The fourth-order valence-electron chi connectivity index (χ4n) is 5.02. The average Bonchev–Trinajstić information content (AvgIpc) is 2.90. The van der Waals surface area contributed by atoms with Gasteiger partial charge in [0.2, 0.25) is 0 Å². The molecule has 0 aliphatic heterocycles. The number of hydrogen-bond donors (Lipinski definition) is 0. The molecule has 4 heteroatoms. The first kappa shape index (κ1) is 25.9. The van der Waals surface area contributed by atoms with Gasteiger partial charge in [0.15, 0.2) is 23.3 Å². The number of halogens is 4. The third-order valence-electron chi connectivity index (χ3n) is 7.11. The van der Waals surface area contributed by atoms with Crippen LogP contribution in [0.4, 0.5) is 17.6 Å². The molecule has 1 unspecified atom stereocenters. The highest BCUT2D eigenvalue weighted by Crippen LogP contribution is 2.37. The van der Waals surface area contributed by atoms with Gasteiger partial charge < -0.3 is 0 Å². The predicted molar refractivity (Wildman–Crippen MR) is 141 cm³/mol. The first-order valence-electron chi connectivity index (χ1n) is 12.8. The van der Waals surface area contributed by atoms with E-state index in [-0.39, 0.29) is 11.1 Å². The zero-order valence-electron chi connectivity index (χ0n) is 20.9. The fraction of sp³-hybridized carbons (Fsp3) is 0.312. The summed E-state index contributed by atoms with van der Waals surface area (Å²) in [6.45, 7) is 3.93. The lowest BCUT2D eigenvalue weighted by molar-refractivity contribution is 0.452. The SMILES string of the molecule is C/C=C/CCC1CC=C(c2ccc(-c3ccc(-c4ccc(CCC)c(F)c4F)cc3)c(F)c2F)CC1. The van der Waals surface area contributed by atoms with E-state index < -0.39 is 23.3 Å². The fourth-order valence-corrected chi connectivity index (χ4v) is 5.02. The molecule has 3 aromatic rings. The largest absolute Gasteiger partial charge is 0.203 e. The number of benzene rings is 3. The Morgan fingerprint density at radius 2 is 1.36 bits per heavy atom. The van der Waals surface area contributed by atoms with Gasteiger partial charge in [-0.25, -0.2) is 17.6 Å². The minimum Gasteiger partial charge on any atom is -0.203 e. The van der Waals surface area contributed by atoms with E-state index in [9.17, 15) is 8.78 Å². The van der Waals surface area contributed by atoms with Crippen LogP contribution in [0.25, 0.3) is 27.8 Å². The average molecular weight is 493 g/mol. The Labute approximate surface area is 211 Å². The summed E-state index contributed by atoms with van der Waals surface area (Å²) in [6.07, 6.45) is 12.2. The van der Waals surface area contributed by atoms with Crippen LogP contribution in [0.3, 0.4) is 0 Å². The minimum absolute atomic E-state index is 0.147. The summed E-state index contributed by atoms with van der Waals surface area (Å²) < 4.78 is 59.3. The van der Waals surface area contributed by atoms with E-state index in [4.69, 9.17) is 0 Å². The van der Waals surface area contributed by atoms with E-state index in [1.165, 1.54) is 0 Å². The molecule has 0 spiro atoms. The lowest BCUT2D eigenvalue weighted by Gasteiger charge is -2.22. The lowest BCUT2D eigenvalue weighted by atomic mass is 9.83. The van der Waals surface area contributed by atoms with E-state index in [1.54, 1.807) is 48.5 Å². The van der Waals surface area contributed by atoms with Gasteiger partial charge in [0.1, 0.15) is 0 Å². The van der Waals surface area contributed by atoms with E-state index in [0.717, 1.165) is 44.1 Å². The summed E-state index contributed by atoms with van der Waals surface area (Å²) in [7, 11) is 0. The van der Waals surface area contributed by atoms with Crippen LogP contribution in [-0.2, 0) is 6.42 Å². The summed E-state index contributed by atoms with van der Waals surface area (Å²) in [5.41, 5.74) is 2.79. The highest BCUT2D eigenvalue weighted by molar-refractivity contribution is 5.74. The van der Waals surface area contributed by atoms with Crippen LogP contribution >= 0.6 is 0 Å². The van der Waals surface area contributed by atoms with Crippen molar-refractivity contribution in [1.29, 1.82) is 0 Å². The van der Waals surface area contributed by atoms with Gasteiger partial charge >= 0.3 is 0 Å². The number of aryl methyl sites for hydroxylation is 1. The molecule has 0 heterocycles. The van der Waals surface area contributed by atoms with E-state index in [1.807, 2.05) is 13.8 Å². The van der Waals surface area contributed by atoms with Crippen LogP contribution < -0.4 is 0 Å². The molecule has 0 radical (unpaired) electrons. The molecule has 36 heavy (non-hydrogen) atoms. The molecule has 0 bridgehead atoms. The van der Waals surface area contributed by atoms with Crippen molar-refractivity contribution in [2.75, 3.05) is 0 Å². The maximum Gasteiger partial charge on any atom is 0.167 e. The van der Waals surface area contributed by atoms with Gasteiger partial charge in [-0.1, -0.05) is 80.1 Å². The molecule has 0 nitrogen and oxygen atoms in total. The Balaban J connectivity index is 1.54. The summed E-state index contributed by atoms with van der Waals surface area (Å²) in [6, 6.07) is 12.8. The van der Waals surface area contributed by atoms with Crippen molar-refractivity contribution in [1.82, 2.24) is 0 Å². The van der Waals surface area contributed by atoms with E-state index in [2.05, 4.69) is 18.2 Å². The third kappa shape index (κ3) is 5.48. The standard InChI is InChI=1S/C32H32F4/c1-3-5-6-8-21-9-11-22(12-10-21)27-19-20-28(32(36)31(27)35)24-15-13-23(14-16-24)26-18-17-25(7-4-2)29(33)30(26)34/h3,5,11,13-21H,4,6-10,12H2,1-2H3/b5-3+. The zero-order valence-corrected chi connectivity index (χ0v) is 20.9. The first-order chi connectivity index (χ1) is 17.4. The van der Waals surface area contributed by atoms with Crippen molar-refractivity contribution >= 4 is 5.57 Å². The number of allylic oxidation sites excluding steroid dienone is 4. The Morgan fingerprint density at radius 1 is 0.778 bits per heavy atom. The maximum absolute atomic E-state index is 15.1. The topological polar surface area (TPSA) is 0 Å². The second-order valence-electron chi connectivity index (χ2n) is 9.53. The van der Waals surface area contributed by atoms with Crippen molar-refractivity contribution in [3.63, 3.8) is 0 Å². The Hall–Kier alpha value is -3.14. The van der Waals surface area contributed by atoms with Gasteiger partial charge in [-0.3, -0.25) is 0 Å². The van der Waals surface area contributed by atoms with Crippen molar-refractivity contribution in [2.45, 2.75) is 58.8 Å². The summed E-state index contributed by atoms with van der Waals surface area (Å²) in [5.74, 6) is -2.87. The highest BCUT2D eigenvalue weighted by Gasteiger charge is 2.21. The van der Waals surface area contributed by atoms with Crippen LogP contribution in [0, 0.1) is 29.2 Å². The monoisotopic (exact) mass is 492 g/mol. The Bertz CT molecular complexity index is 1270. The maximum atomic E-state index is 15.1. The van der Waals surface area contributed by atoms with Crippen molar-refractivity contribution in [3.8, 4) is 22.3 Å². The number of rotatable bonds is 8. The van der Waals surface area contributed by atoms with E-state index in [0.29, 0.717) is 34.6 Å². The number of hydrogen-bond acceptors (Lipinski definition) is 0. The molecular weight excluding hydrogens is 460 g/mol. The van der Waals surface area contributed by atoms with Crippen LogP contribution in [0.1, 0.15) is 63.5 Å². The lowest BCUT2D eigenvalue weighted by Crippen LogP contribution is -2.07. The molecule has 0 saturated carbocycles. The van der Waals surface area contributed by atoms with Crippen LogP contribution in [0.15, 0.2) is 66.8 Å². The molecular formula is C32H32F4. The summed E-state index contributed by atoms with van der Waals surface area (Å²) in [5, 5.41) is 0. The van der Waals surface area contributed by atoms with Crippen LogP contribution in [0.2, 0.25) is 0 Å². The molecule has 0 aromatic heterocycles. The van der Waals surface area contributed by atoms with Crippen molar-refractivity contribution in [3.05, 3.63) is 101 Å². The smallest absolute Gasteiger partial charge is 0.167 e. The third-order valence-corrected chi connectivity index (χ3v) is 7.11. The quantitative estimate of drug-likeness (QED) is 0.217. The molecule has 1 atom stereocenters. The molecule has 3 aromatic carbocycles. The molecule has 0 N–H and O–H groups in total. The molecule has 1 aliphatic rings. The van der Waals surface area contributed by atoms with Gasteiger partial charge in [0.25, 0.3) is 0 Å². The predicted octanol–water partition coefficient (Wildman–Crippen LogP) is 10.1. The molecule has 188 valence electrons. The second kappa shape index (κ2) is 11.7. The van der Waals surface area contributed by atoms with Crippen LogP contribution in [0.5, 0.6) is 0 Å². The second-order valence-corrected chi connectivity index (χ2v) is 9.53. The summed E-state index contributed by atoms with van der Waals surface area (Å²) >= 11 is 0. The summed E-state index contributed by atoms with van der Waals surface area (Å²) in [4.78, 5) is 0.